The van der Waals surface area contributed by atoms with E-state index in [4.69, 9.17) is 11.6 Å². The number of benzene rings is 1. The van der Waals surface area contributed by atoms with Crippen molar-refractivity contribution >= 4 is 33.0 Å². The van der Waals surface area contributed by atoms with Gasteiger partial charge >= 0.3 is 6.18 Å². The fraction of sp³-hybridized carbons (Fsp3) is 0.118. The van der Waals surface area contributed by atoms with Crippen molar-refractivity contribution in [1.82, 2.24) is 14.8 Å². The van der Waals surface area contributed by atoms with Crippen LogP contribution in [-0.2, 0) is 16.0 Å². The standard InChI is InChI=1S/C17H12ClF3N4O3S/c1-29(27,28)13-6-11(18)5-12(7-13)24-16(26)10-8-23-25(9-10)15-14(17(19,20)21)3-2-4-22-15/h2-9H,1H3,(H,24,26). The summed E-state index contributed by atoms with van der Waals surface area (Å²) in [6.45, 7) is 0. The van der Waals surface area contributed by atoms with Gasteiger partial charge in [-0.05, 0) is 30.3 Å². The maximum absolute atomic E-state index is 13.1. The van der Waals surface area contributed by atoms with E-state index < -0.39 is 33.3 Å². The Morgan fingerprint density at radius 3 is 2.62 bits per heavy atom. The van der Waals surface area contributed by atoms with Crippen LogP contribution < -0.4 is 5.32 Å². The summed E-state index contributed by atoms with van der Waals surface area (Å²) >= 11 is 5.88. The van der Waals surface area contributed by atoms with Crippen LogP contribution in [0.25, 0.3) is 5.82 Å². The summed E-state index contributed by atoms with van der Waals surface area (Å²) in [5.74, 6) is -1.20. The third-order valence-electron chi connectivity index (χ3n) is 3.71. The van der Waals surface area contributed by atoms with E-state index in [0.717, 1.165) is 35.5 Å². The lowest BCUT2D eigenvalue weighted by Gasteiger charge is -2.11. The van der Waals surface area contributed by atoms with Crippen molar-refractivity contribution in [2.45, 2.75) is 11.1 Å². The van der Waals surface area contributed by atoms with Gasteiger partial charge in [-0.2, -0.15) is 18.3 Å². The second kappa shape index (κ2) is 7.48. The second-order valence-corrected chi connectivity index (χ2v) is 8.40. The zero-order valence-electron chi connectivity index (χ0n) is 14.6. The number of hydrogen-bond donors (Lipinski definition) is 1. The SMILES string of the molecule is CS(=O)(=O)c1cc(Cl)cc(NC(=O)c2cnn(-c3ncccc3C(F)(F)F)c2)c1. The molecule has 0 fully saturated rings. The Bertz CT molecular complexity index is 1190. The van der Waals surface area contributed by atoms with Gasteiger partial charge in [-0.15, -0.1) is 0 Å². The predicted octanol–water partition coefficient (Wildman–Crippen LogP) is 3.60. The minimum absolute atomic E-state index is 0.0651. The Balaban J connectivity index is 1.89. The molecule has 0 atom stereocenters. The molecule has 0 spiro atoms. The molecular weight excluding hydrogens is 433 g/mol. The highest BCUT2D eigenvalue weighted by Crippen LogP contribution is 2.32. The lowest BCUT2D eigenvalue weighted by atomic mass is 10.2. The van der Waals surface area contributed by atoms with Gasteiger partial charge in [0.2, 0.25) is 0 Å². The third kappa shape index (κ3) is 4.74. The van der Waals surface area contributed by atoms with Gasteiger partial charge in [0.1, 0.15) is 5.56 Å². The van der Waals surface area contributed by atoms with Gasteiger partial charge in [0.15, 0.2) is 15.7 Å². The maximum Gasteiger partial charge on any atom is 0.420 e. The van der Waals surface area contributed by atoms with E-state index in [-0.39, 0.29) is 21.2 Å². The van der Waals surface area contributed by atoms with Crippen LogP contribution in [0.1, 0.15) is 15.9 Å². The Kier molecular flexibility index (Phi) is 5.37. The Hall–Kier alpha value is -2.92. The van der Waals surface area contributed by atoms with Crippen LogP contribution >= 0.6 is 11.6 Å². The molecule has 0 unspecified atom stereocenters. The largest absolute Gasteiger partial charge is 0.420 e. The van der Waals surface area contributed by atoms with E-state index in [2.05, 4.69) is 15.4 Å². The molecule has 2 heterocycles. The molecule has 7 nitrogen and oxygen atoms in total. The average Bonchev–Trinajstić information content (AvgIpc) is 3.10. The molecule has 29 heavy (non-hydrogen) atoms. The number of hydrogen-bond acceptors (Lipinski definition) is 5. The van der Waals surface area contributed by atoms with Crippen molar-refractivity contribution in [2.24, 2.45) is 0 Å². The average molecular weight is 445 g/mol. The molecule has 0 aliphatic rings. The summed E-state index contributed by atoms with van der Waals surface area (Å²) in [6, 6.07) is 5.76. The maximum atomic E-state index is 13.1. The van der Waals surface area contributed by atoms with Gasteiger partial charge in [0, 0.05) is 29.4 Å². The fourth-order valence-electron chi connectivity index (χ4n) is 2.41. The van der Waals surface area contributed by atoms with Gasteiger partial charge in [-0.3, -0.25) is 4.79 Å². The molecule has 2 aromatic heterocycles. The van der Waals surface area contributed by atoms with Gasteiger partial charge in [-0.1, -0.05) is 11.6 Å². The summed E-state index contributed by atoms with van der Waals surface area (Å²) < 4.78 is 63.6. The molecular formula is C17H12ClF3N4O3S. The first-order chi connectivity index (χ1) is 13.4. The number of aromatic nitrogens is 3. The summed E-state index contributed by atoms with van der Waals surface area (Å²) in [5.41, 5.74) is -0.975. The molecule has 0 aliphatic carbocycles. The number of anilines is 1. The Labute approximate surface area is 168 Å². The highest BCUT2D eigenvalue weighted by Gasteiger charge is 2.35. The number of carbonyl (C=O) groups is 1. The van der Waals surface area contributed by atoms with Crippen molar-refractivity contribution in [2.75, 3.05) is 11.6 Å². The molecule has 1 N–H and O–H groups in total. The first kappa shape index (κ1) is 20.8. The second-order valence-electron chi connectivity index (χ2n) is 5.95. The van der Waals surface area contributed by atoms with Crippen molar-refractivity contribution in [3.05, 3.63) is 65.1 Å². The molecule has 3 rings (SSSR count). The molecule has 0 saturated carbocycles. The molecule has 0 radical (unpaired) electrons. The summed E-state index contributed by atoms with van der Waals surface area (Å²) in [6.07, 6.45) is -0.355. The van der Waals surface area contributed by atoms with Crippen LogP contribution in [0.2, 0.25) is 5.02 Å². The number of sulfone groups is 1. The number of pyridine rings is 1. The number of alkyl halides is 3. The number of amides is 1. The monoisotopic (exact) mass is 444 g/mol. The lowest BCUT2D eigenvalue weighted by molar-refractivity contribution is -0.137. The molecule has 152 valence electrons. The van der Waals surface area contributed by atoms with E-state index in [0.29, 0.717) is 0 Å². The molecule has 0 aliphatic heterocycles. The van der Waals surface area contributed by atoms with Gasteiger partial charge in [0.05, 0.1) is 16.7 Å². The van der Waals surface area contributed by atoms with Crippen molar-refractivity contribution in [3.8, 4) is 5.82 Å². The number of carbonyl (C=O) groups excluding carboxylic acids is 1. The van der Waals surface area contributed by atoms with Gasteiger partial charge in [-0.25, -0.2) is 18.1 Å². The normalized spacial score (nSPS) is 12.0. The highest BCUT2D eigenvalue weighted by molar-refractivity contribution is 7.90. The fourth-order valence-corrected chi connectivity index (χ4v) is 3.39. The number of halogens is 4. The van der Waals surface area contributed by atoms with E-state index >= 15 is 0 Å². The molecule has 12 heteroatoms. The first-order valence-corrected chi connectivity index (χ1v) is 10.1. The summed E-state index contributed by atoms with van der Waals surface area (Å²) in [4.78, 5) is 16.0. The minimum atomic E-state index is -4.65. The summed E-state index contributed by atoms with van der Waals surface area (Å²) in [5, 5.41) is 6.29. The van der Waals surface area contributed by atoms with Crippen molar-refractivity contribution in [1.29, 1.82) is 0 Å². The lowest BCUT2D eigenvalue weighted by Crippen LogP contribution is -2.13. The number of nitrogens with zero attached hydrogens (tertiary/aromatic N) is 3. The van der Waals surface area contributed by atoms with Gasteiger partial charge < -0.3 is 5.32 Å². The molecule has 3 aromatic rings. The highest BCUT2D eigenvalue weighted by atomic mass is 35.5. The topological polar surface area (TPSA) is 94.0 Å². The van der Waals surface area contributed by atoms with E-state index in [1.54, 1.807) is 0 Å². The first-order valence-electron chi connectivity index (χ1n) is 7.84. The van der Waals surface area contributed by atoms with E-state index in [1.165, 1.54) is 24.4 Å². The molecule has 0 bridgehead atoms. The van der Waals surface area contributed by atoms with Crippen LogP contribution in [0.4, 0.5) is 18.9 Å². The Morgan fingerprint density at radius 1 is 1.24 bits per heavy atom. The number of nitrogens with one attached hydrogen (secondary N) is 1. The zero-order chi connectivity index (χ0) is 21.4. The zero-order valence-corrected chi connectivity index (χ0v) is 16.2. The molecule has 1 aromatic carbocycles. The predicted molar refractivity (Wildman–Crippen MR) is 98.9 cm³/mol. The minimum Gasteiger partial charge on any atom is -0.322 e. The smallest absolute Gasteiger partial charge is 0.322 e. The Morgan fingerprint density at radius 2 is 1.97 bits per heavy atom. The van der Waals surface area contributed by atoms with Crippen LogP contribution in [0.3, 0.4) is 0 Å². The quantitative estimate of drug-likeness (QED) is 0.663. The summed E-state index contributed by atoms with van der Waals surface area (Å²) in [7, 11) is -3.57. The van der Waals surface area contributed by atoms with E-state index in [9.17, 15) is 26.4 Å². The molecule has 1 amide bonds. The van der Waals surface area contributed by atoms with Crippen LogP contribution in [-0.4, -0.2) is 35.3 Å². The van der Waals surface area contributed by atoms with Gasteiger partial charge in [0.25, 0.3) is 5.91 Å². The van der Waals surface area contributed by atoms with Crippen molar-refractivity contribution in [3.63, 3.8) is 0 Å². The van der Waals surface area contributed by atoms with Crippen LogP contribution in [0.15, 0.2) is 53.8 Å². The van der Waals surface area contributed by atoms with Crippen LogP contribution in [0, 0.1) is 0 Å². The number of rotatable bonds is 4. The van der Waals surface area contributed by atoms with E-state index in [1.807, 2.05) is 0 Å². The van der Waals surface area contributed by atoms with Crippen molar-refractivity contribution < 1.29 is 26.4 Å². The molecule has 0 saturated heterocycles. The third-order valence-corrected chi connectivity index (χ3v) is 5.02. The van der Waals surface area contributed by atoms with Crippen LogP contribution in [0.5, 0.6) is 0 Å².